The summed E-state index contributed by atoms with van der Waals surface area (Å²) in [5.74, 6) is 0.684. The molecule has 2 aromatic carbocycles. The molecule has 2 atom stereocenters. The van der Waals surface area contributed by atoms with Gasteiger partial charge in [0, 0.05) is 103 Å². The molecule has 268 valence electrons. The number of fused-ring (bicyclic) bond motifs is 1. The van der Waals surface area contributed by atoms with Crippen LogP contribution >= 0.6 is 34.8 Å². The number of rotatable bonds is 12. The van der Waals surface area contributed by atoms with Crippen molar-refractivity contribution in [1.82, 2.24) is 35.6 Å². The molecule has 5 aromatic rings. The number of carbonyl (C=O) groups is 2. The van der Waals surface area contributed by atoms with Gasteiger partial charge in [-0.25, -0.2) is 9.97 Å². The molecule has 2 fully saturated rings. The normalized spacial score (nSPS) is 17.1. The first-order chi connectivity index (χ1) is 25.2. The van der Waals surface area contributed by atoms with Crippen LogP contribution < -0.4 is 31.6 Å². The highest BCUT2D eigenvalue weighted by atomic mass is 35.5. The van der Waals surface area contributed by atoms with Gasteiger partial charge in [-0.05, 0) is 30.5 Å². The van der Waals surface area contributed by atoms with Crippen LogP contribution in [0.4, 0.5) is 0 Å². The molecule has 7 rings (SSSR count). The topological polar surface area (TPSA) is 139 Å². The van der Waals surface area contributed by atoms with Gasteiger partial charge in [-0.3, -0.25) is 18.8 Å². The molecule has 0 aliphatic carbocycles. The highest BCUT2D eigenvalue weighted by molar-refractivity contribution is 6.39. The highest BCUT2D eigenvalue weighted by Gasteiger charge is 2.23. The Morgan fingerprint density at radius 3 is 2.08 bits per heavy atom. The van der Waals surface area contributed by atoms with Gasteiger partial charge < -0.3 is 26.0 Å². The Kier molecular flexibility index (Phi) is 10.8. The first kappa shape index (κ1) is 35.9. The zero-order chi connectivity index (χ0) is 36.4. The standard InChI is InChI=1S/C38H36Cl3N7O4/c1-52-31-15-30(47-37(41)29(31)20-43-19-24-9-11-34(50)46-24)28-7-3-6-27(36(28)40)26-5-2-4-25(35(26)39)21-12-13-48-32(14-21)44-17-22(38(48)51)16-42-18-23-8-10-33(49)45-23/h2-7,12-15,17,23-24,42-43H,8-11,16,18-20H2,1H3,(H,45,49)(H,46,50)/t23-,24+/m1/s1. The lowest BCUT2D eigenvalue weighted by Gasteiger charge is -2.17. The van der Waals surface area contributed by atoms with Crippen molar-refractivity contribution in [2.45, 2.75) is 50.9 Å². The van der Waals surface area contributed by atoms with E-state index < -0.39 is 0 Å². The van der Waals surface area contributed by atoms with Gasteiger partial charge in [-0.15, -0.1) is 0 Å². The second-order valence-electron chi connectivity index (χ2n) is 12.9. The second-order valence-corrected chi connectivity index (χ2v) is 14.0. The molecular weight excluding hydrogens is 725 g/mol. The first-order valence-corrected chi connectivity index (χ1v) is 18.2. The molecule has 4 N–H and O–H groups in total. The van der Waals surface area contributed by atoms with Crippen molar-refractivity contribution in [2.75, 3.05) is 20.2 Å². The summed E-state index contributed by atoms with van der Waals surface area (Å²) in [4.78, 5) is 45.5. The molecular formula is C38H36Cl3N7O4. The average molecular weight is 761 g/mol. The fourth-order valence-electron chi connectivity index (χ4n) is 6.71. The van der Waals surface area contributed by atoms with Crippen LogP contribution in [0.5, 0.6) is 5.75 Å². The highest BCUT2D eigenvalue weighted by Crippen LogP contribution is 2.43. The van der Waals surface area contributed by atoms with Crippen LogP contribution in [0.15, 0.2) is 71.8 Å². The number of hydrogen-bond donors (Lipinski definition) is 4. The number of halogens is 3. The molecule has 0 bridgehead atoms. The zero-order valence-electron chi connectivity index (χ0n) is 28.3. The first-order valence-electron chi connectivity index (χ1n) is 17.0. The van der Waals surface area contributed by atoms with Gasteiger partial charge in [0.15, 0.2) is 0 Å². The predicted octanol–water partition coefficient (Wildman–Crippen LogP) is 5.80. The average Bonchev–Trinajstić information content (AvgIpc) is 3.76. The number of nitrogens with zero attached hydrogens (tertiary/aromatic N) is 3. The Morgan fingerprint density at radius 1 is 0.827 bits per heavy atom. The molecule has 2 amide bonds. The smallest absolute Gasteiger partial charge is 0.262 e. The van der Waals surface area contributed by atoms with E-state index in [0.29, 0.717) is 94.0 Å². The summed E-state index contributed by atoms with van der Waals surface area (Å²) >= 11 is 20.9. The van der Waals surface area contributed by atoms with Crippen LogP contribution in [0.3, 0.4) is 0 Å². The summed E-state index contributed by atoms with van der Waals surface area (Å²) in [6.45, 7) is 1.95. The Labute approximate surface area is 315 Å². The summed E-state index contributed by atoms with van der Waals surface area (Å²) in [6.07, 6.45) is 5.93. The molecule has 14 heteroatoms. The Hall–Kier alpha value is -4.52. The number of ether oxygens (including phenoxy) is 1. The van der Waals surface area contributed by atoms with Crippen molar-refractivity contribution in [3.8, 4) is 39.3 Å². The maximum Gasteiger partial charge on any atom is 0.262 e. The monoisotopic (exact) mass is 759 g/mol. The predicted molar refractivity (Wildman–Crippen MR) is 203 cm³/mol. The van der Waals surface area contributed by atoms with Crippen LogP contribution in [-0.2, 0) is 22.7 Å². The molecule has 0 saturated carbocycles. The van der Waals surface area contributed by atoms with Crippen molar-refractivity contribution < 1.29 is 14.3 Å². The van der Waals surface area contributed by atoms with E-state index in [-0.39, 0.29) is 34.6 Å². The molecule has 0 radical (unpaired) electrons. The van der Waals surface area contributed by atoms with Gasteiger partial charge in [0.2, 0.25) is 11.8 Å². The van der Waals surface area contributed by atoms with Crippen molar-refractivity contribution in [2.24, 2.45) is 0 Å². The van der Waals surface area contributed by atoms with Gasteiger partial charge in [-0.2, -0.15) is 0 Å². The number of methoxy groups -OCH3 is 1. The zero-order valence-corrected chi connectivity index (χ0v) is 30.5. The molecule has 2 aliphatic heterocycles. The van der Waals surface area contributed by atoms with Crippen molar-refractivity contribution in [1.29, 1.82) is 0 Å². The number of pyridine rings is 2. The molecule has 52 heavy (non-hydrogen) atoms. The number of hydrogen-bond acceptors (Lipinski definition) is 8. The molecule has 3 aromatic heterocycles. The largest absolute Gasteiger partial charge is 0.496 e. The summed E-state index contributed by atoms with van der Waals surface area (Å²) in [5.41, 5.74) is 5.69. The lowest BCUT2D eigenvalue weighted by Crippen LogP contribution is -2.36. The van der Waals surface area contributed by atoms with Crippen molar-refractivity contribution >= 4 is 52.3 Å². The Morgan fingerprint density at radius 2 is 1.44 bits per heavy atom. The third kappa shape index (κ3) is 7.51. The van der Waals surface area contributed by atoms with Crippen LogP contribution in [0.1, 0.15) is 36.8 Å². The Balaban J connectivity index is 1.12. The van der Waals surface area contributed by atoms with Crippen LogP contribution in [0.25, 0.3) is 39.2 Å². The molecule has 5 heterocycles. The van der Waals surface area contributed by atoms with E-state index in [0.717, 1.165) is 24.0 Å². The van der Waals surface area contributed by atoms with Crippen LogP contribution in [-0.4, -0.2) is 58.5 Å². The minimum Gasteiger partial charge on any atom is -0.496 e. The van der Waals surface area contributed by atoms with E-state index in [9.17, 15) is 14.4 Å². The quantitative estimate of drug-likeness (QED) is 0.117. The van der Waals surface area contributed by atoms with Crippen molar-refractivity contribution in [3.63, 3.8) is 0 Å². The maximum absolute atomic E-state index is 13.3. The lowest BCUT2D eigenvalue weighted by molar-refractivity contribution is -0.120. The van der Waals surface area contributed by atoms with Crippen LogP contribution in [0, 0.1) is 0 Å². The number of aromatic nitrogens is 3. The number of amides is 2. The third-order valence-corrected chi connectivity index (χ3v) is 10.6. The third-order valence-electron chi connectivity index (χ3n) is 9.48. The minimum absolute atomic E-state index is 0.0564. The number of nitrogens with one attached hydrogen (secondary N) is 4. The maximum atomic E-state index is 13.3. The summed E-state index contributed by atoms with van der Waals surface area (Å²) in [7, 11) is 1.58. The molecule has 0 unspecified atom stereocenters. The minimum atomic E-state index is -0.170. The van der Waals surface area contributed by atoms with Gasteiger partial charge >= 0.3 is 0 Å². The summed E-state index contributed by atoms with van der Waals surface area (Å²) in [6, 6.07) is 17.0. The van der Waals surface area contributed by atoms with E-state index in [1.807, 2.05) is 54.6 Å². The Bertz CT molecular complexity index is 2250. The van der Waals surface area contributed by atoms with E-state index in [4.69, 9.17) is 39.5 Å². The molecule has 11 nitrogen and oxygen atoms in total. The van der Waals surface area contributed by atoms with Gasteiger partial charge in [-0.1, -0.05) is 71.2 Å². The fraction of sp³-hybridized carbons (Fsp3) is 0.289. The van der Waals surface area contributed by atoms with Gasteiger partial charge in [0.1, 0.15) is 16.5 Å². The molecule has 0 spiro atoms. The van der Waals surface area contributed by atoms with E-state index >= 15 is 0 Å². The SMILES string of the molecule is COc1cc(-c2cccc(-c3cccc(-c4ccn5c(=O)c(CNC[C@H]6CCC(=O)N6)cnc5c4)c3Cl)c2Cl)nc(Cl)c1CNC[C@@H]1CCC(=O)N1. The van der Waals surface area contributed by atoms with E-state index in [1.165, 1.54) is 4.40 Å². The molecule has 2 saturated heterocycles. The second kappa shape index (κ2) is 15.6. The number of benzene rings is 2. The van der Waals surface area contributed by atoms with Gasteiger partial charge in [0.05, 0.1) is 22.8 Å². The fourth-order valence-corrected chi connectivity index (χ4v) is 7.63. The van der Waals surface area contributed by atoms with Crippen LogP contribution in [0.2, 0.25) is 15.2 Å². The molecule has 2 aliphatic rings. The summed E-state index contributed by atoms with van der Waals surface area (Å²) < 4.78 is 7.22. The number of carbonyl (C=O) groups excluding carboxylic acids is 2. The van der Waals surface area contributed by atoms with E-state index in [1.54, 1.807) is 19.5 Å². The lowest BCUT2D eigenvalue weighted by atomic mass is 9.97. The summed E-state index contributed by atoms with van der Waals surface area (Å²) in [5, 5.41) is 13.7. The van der Waals surface area contributed by atoms with E-state index in [2.05, 4.69) is 31.2 Å². The van der Waals surface area contributed by atoms with Gasteiger partial charge in [0.25, 0.3) is 5.56 Å². The van der Waals surface area contributed by atoms with Crippen molar-refractivity contribution in [3.05, 3.63) is 104 Å².